The minimum absolute atomic E-state index is 0.326. The van der Waals surface area contributed by atoms with Crippen LogP contribution >= 0.6 is 0 Å². The zero-order chi connectivity index (χ0) is 22.5. The summed E-state index contributed by atoms with van der Waals surface area (Å²) in [4.78, 5) is 5.57. The molecule has 0 radical (unpaired) electrons. The van der Waals surface area contributed by atoms with Crippen LogP contribution in [0.3, 0.4) is 0 Å². The second-order valence-electron chi connectivity index (χ2n) is 9.81. The lowest BCUT2D eigenvalue weighted by Gasteiger charge is -2.56. The summed E-state index contributed by atoms with van der Waals surface area (Å²) in [6, 6.07) is 22.3. The Kier molecular flexibility index (Phi) is 7.73. The van der Waals surface area contributed by atoms with Crippen molar-refractivity contribution in [2.45, 2.75) is 72.5 Å². The SMILES string of the molecule is CCCC1C(CC)CN2C(=C(CC)CN(Cc3ccccc3)C2c2ccccc2)C1CC. The second kappa shape index (κ2) is 10.7. The van der Waals surface area contributed by atoms with Crippen molar-refractivity contribution < 1.29 is 0 Å². The van der Waals surface area contributed by atoms with Gasteiger partial charge in [-0.05, 0) is 47.8 Å². The van der Waals surface area contributed by atoms with Gasteiger partial charge in [-0.25, -0.2) is 0 Å². The Bertz CT molecular complexity index is 872. The summed E-state index contributed by atoms with van der Waals surface area (Å²) in [6.45, 7) is 12.9. The molecule has 0 N–H and O–H groups in total. The van der Waals surface area contributed by atoms with E-state index >= 15 is 0 Å². The summed E-state index contributed by atoms with van der Waals surface area (Å²) < 4.78 is 0. The van der Waals surface area contributed by atoms with Gasteiger partial charge in [0.1, 0.15) is 6.17 Å². The number of nitrogens with zero attached hydrogens (tertiary/aromatic N) is 2. The van der Waals surface area contributed by atoms with Gasteiger partial charge in [0.15, 0.2) is 0 Å². The van der Waals surface area contributed by atoms with Crippen molar-refractivity contribution in [3.8, 4) is 0 Å². The Balaban J connectivity index is 1.80. The number of fused-ring (bicyclic) bond motifs is 1. The lowest BCUT2D eigenvalue weighted by molar-refractivity contribution is -0.0193. The lowest BCUT2D eigenvalue weighted by Crippen LogP contribution is -2.54. The van der Waals surface area contributed by atoms with Crippen LogP contribution in [0, 0.1) is 17.8 Å². The topological polar surface area (TPSA) is 6.48 Å². The van der Waals surface area contributed by atoms with Gasteiger partial charge in [0, 0.05) is 31.2 Å². The van der Waals surface area contributed by atoms with Crippen LogP contribution in [0.5, 0.6) is 0 Å². The summed E-state index contributed by atoms with van der Waals surface area (Å²) in [5, 5.41) is 0. The van der Waals surface area contributed by atoms with Crippen LogP contribution in [0.4, 0.5) is 0 Å². The summed E-state index contributed by atoms with van der Waals surface area (Å²) >= 11 is 0. The quantitative estimate of drug-likeness (QED) is 0.424. The lowest BCUT2D eigenvalue weighted by atomic mass is 9.69. The maximum Gasteiger partial charge on any atom is 0.109 e. The van der Waals surface area contributed by atoms with Crippen LogP contribution in [0.15, 0.2) is 71.9 Å². The molecule has 2 aliphatic rings. The van der Waals surface area contributed by atoms with E-state index in [4.69, 9.17) is 0 Å². The predicted molar refractivity (Wildman–Crippen MR) is 136 cm³/mol. The molecule has 4 rings (SSSR count). The maximum absolute atomic E-state index is 2.84. The summed E-state index contributed by atoms with van der Waals surface area (Å²) in [7, 11) is 0. The monoisotopic (exact) mass is 430 g/mol. The van der Waals surface area contributed by atoms with Crippen molar-refractivity contribution in [2.24, 2.45) is 17.8 Å². The van der Waals surface area contributed by atoms with E-state index in [2.05, 4.69) is 98.2 Å². The Labute approximate surface area is 196 Å². The number of benzene rings is 2. The van der Waals surface area contributed by atoms with Crippen LogP contribution in [0.25, 0.3) is 0 Å². The first-order valence-corrected chi connectivity index (χ1v) is 13.0. The molecule has 2 heterocycles. The molecule has 0 saturated carbocycles. The third-order valence-corrected chi connectivity index (χ3v) is 7.95. The van der Waals surface area contributed by atoms with Crippen molar-refractivity contribution >= 4 is 0 Å². The fourth-order valence-corrected chi connectivity index (χ4v) is 6.50. The van der Waals surface area contributed by atoms with E-state index in [1.807, 2.05) is 0 Å². The molecule has 0 bridgehead atoms. The van der Waals surface area contributed by atoms with E-state index in [1.165, 1.54) is 43.4 Å². The minimum atomic E-state index is 0.326. The van der Waals surface area contributed by atoms with Gasteiger partial charge >= 0.3 is 0 Å². The van der Waals surface area contributed by atoms with Gasteiger partial charge in [-0.2, -0.15) is 0 Å². The molecule has 1 saturated heterocycles. The molecule has 0 aromatic heterocycles. The first-order valence-electron chi connectivity index (χ1n) is 13.0. The van der Waals surface area contributed by atoms with Crippen LogP contribution < -0.4 is 0 Å². The van der Waals surface area contributed by atoms with Crippen LogP contribution in [-0.2, 0) is 6.54 Å². The molecule has 2 aromatic rings. The van der Waals surface area contributed by atoms with Gasteiger partial charge < -0.3 is 4.90 Å². The van der Waals surface area contributed by atoms with E-state index in [1.54, 1.807) is 11.3 Å². The van der Waals surface area contributed by atoms with Gasteiger partial charge in [-0.1, -0.05) is 101 Å². The minimum Gasteiger partial charge on any atom is -0.355 e. The predicted octanol–water partition coefficient (Wildman–Crippen LogP) is 7.65. The van der Waals surface area contributed by atoms with Crippen molar-refractivity contribution in [2.75, 3.05) is 13.1 Å². The molecule has 2 aromatic carbocycles. The van der Waals surface area contributed by atoms with Gasteiger partial charge in [0.2, 0.25) is 0 Å². The van der Waals surface area contributed by atoms with Gasteiger partial charge in [0.25, 0.3) is 0 Å². The third kappa shape index (κ3) is 4.53. The highest BCUT2D eigenvalue weighted by Crippen LogP contribution is 2.49. The number of rotatable bonds is 8. The fraction of sp³-hybridized carbons (Fsp3) is 0.533. The highest BCUT2D eigenvalue weighted by atomic mass is 15.4. The highest BCUT2D eigenvalue weighted by Gasteiger charge is 2.45. The third-order valence-electron chi connectivity index (χ3n) is 7.95. The molecule has 4 atom stereocenters. The molecule has 0 aliphatic carbocycles. The fourth-order valence-electron chi connectivity index (χ4n) is 6.50. The Morgan fingerprint density at radius 1 is 0.844 bits per heavy atom. The second-order valence-corrected chi connectivity index (χ2v) is 9.81. The van der Waals surface area contributed by atoms with E-state index in [-0.39, 0.29) is 0 Å². The summed E-state index contributed by atoms with van der Waals surface area (Å²) in [5.41, 5.74) is 6.23. The average molecular weight is 431 g/mol. The molecule has 1 fully saturated rings. The van der Waals surface area contributed by atoms with Gasteiger partial charge in [-0.15, -0.1) is 0 Å². The van der Waals surface area contributed by atoms with E-state index < -0.39 is 0 Å². The number of piperidine rings is 1. The molecule has 2 heteroatoms. The Morgan fingerprint density at radius 2 is 1.53 bits per heavy atom. The number of hydrogen-bond donors (Lipinski definition) is 0. The van der Waals surface area contributed by atoms with E-state index in [9.17, 15) is 0 Å². The first-order chi connectivity index (χ1) is 15.7. The highest BCUT2D eigenvalue weighted by molar-refractivity contribution is 5.30. The Morgan fingerprint density at radius 3 is 2.12 bits per heavy atom. The maximum atomic E-state index is 2.84. The zero-order valence-corrected chi connectivity index (χ0v) is 20.6. The van der Waals surface area contributed by atoms with Gasteiger partial charge in [-0.3, -0.25) is 4.90 Å². The molecule has 2 aliphatic heterocycles. The van der Waals surface area contributed by atoms with Crippen molar-refractivity contribution in [1.82, 2.24) is 9.80 Å². The number of hydrogen-bond acceptors (Lipinski definition) is 2. The molecule has 32 heavy (non-hydrogen) atoms. The summed E-state index contributed by atoms with van der Waals surface area (Å²) in [6.07, 6.45) is 6.70. The molecule has 0 amide bonds. The normalized spacial score (nSPS) is 26.3. The average Bonchev–Trinajstić information content (AvgIpc) is 2.84. The standard InChI is InChI=1S/C30H42N2/c1-5-15-28-24(6-2)22-32-29(27(28)8-4)25(7-3)21-31(20-23-16-11-9-12-17-23)30(32)26-18-13-10-14-19-26/h9-14,16-19,24,27-28,30H,5-8,15,20-22H2,1-4H3. The zero-order valence-electron chi connectivity index (χ0n) is 20.6. The van der Waals surface area contributed by atoms with E-state index in [0.29, 0.717) is 12.1 Å². The van der Waals surface area contributed by atoms with Crippen molar-refractivity contribution in [1.29, 1.82) is 0 Å². The molecule has 2 nitrogen and oxygen atoms in total. The van der Waals surface area contributed by atoms with Crippen molar-refractivity contribution in [3.05, 3.63) is 83.1 Å². The molecular weight excluding hydrogens is 388 g/mol. The van der Waals surface area contributed by atoms with Gasteiger partial charge in [0.05, 0.1) is 0 Å². The van der Waals surface area contributed by atoms with Crippen molar-refractivity contribution in [3.63, 3.8) is 0 Å². The van der Waals surface area contributed by atoms with Crippen LogP contribution in [0.1, 0.15) is 77.1 Å². The largest absolute Gasteiger partial charge is 0.355 e. The Hall–Kier alpha value is -2.06. The molecule has 0 spiro atoms. The molecule has 4 unspecified atom stereocenters. The number of allylic oxidation sites excluding steroid dienone is 1. The van der Waals surface area contributed by atoms with Crippen LogP contribution in [0.2, 0.25) is 0 Å². The first kappa shape index (κ1) is 23.1. The van der Waals surface area contributed by atoms with E-state index in [0.717, 1.165) is 31.3 Å². The molecular formula is C30H42N2. The summed E-state index contributed by atoms with van der Waals surface area (Å²) in [5.74, 6) is 2.32. The van der Waals surface area contributed by atoms with Crippen LogP contribution in [-0.4, -0.2) is 22.9 Å². The smallest absolute Gasteiger partial charge is 0.109 e. The molecule has 172 valence electrons.